The summed E-state index contributed by atoms with van der Waals surface area (Å²) >= 11 is 1.80. The first-order valence-electron chi connectivity index (χ1n) is 8.38. The Hall–Kier alpha value is -0.930. The molecule has 1 N–H and O–H groups in total. The topological polar surface area (TPSA) is 24.9 Å². The molecule has 114 valence electrons. The predicted molar refractivity (Wildman–Crippen MR) is 91.8 cm³/mol. The Morgan fingerprint density at radius 1 is 1.29 bits per heavy atom. The molecule has 2 aromatic rings. The summed E-state index contributed by atoms with van der Waals surface area (Å²) in [5.74, 6) is 1.73. The molecule has 1 saturated carbocycles. The maximum Gasteiger partial charge on any atom is 0.0809 e. The molecule has 2 nitrogen and oxygen atoms in total. The number of rotatable bonds is 5. The fraction of sp³-hybridized carbons (Fsp3) is 0.611. The fourth-order valence-electron chi connectivity index (χ4n) is 3.74. The molecule has 21 heavy (non-hydrogen) atoms. The molecular formula is C18H26N2S. The number of hydrogen-bond donors (Lipinski definition) is 1. The molecule has 0 aromatic carbocycles. The van der Waals surface area contributed by atoms with Crippen molar-refractivity contribution in [1.82, 2.24) is 10.3 Å². The van der Waals surface area contributed by atoms with Gasteiger partial charge in [0.15, 0.2) is 0 Å². The second-order valence-electron chi connectivity index (χ2n) is 6.30. The first-order valence-corrected chi connectivity index (χ1v) is 9.26. The first-order chi connectivity index (χ1) is 10.3. The van der Waals surface area contributed by atoms with Crippen molar-refractivity contribution in [1.29, 1.82) is 0 Å². The summed E-state index contributed by atoms with van der Waals surface area (Å²) in [6, 6.07) is 4.94. The number of nitrogens with zero attached hydrogens (tertiary/aromatic N) is 1. The zero-order chi connectivity index (χ0) is 14.7. The second kappa shape index (κ2) is 6.89. The Morgan fingerprint density at radius 2 is 2.10 bits per heavy atom. The Balaban J connectivity index is 1.80. The van der Waals surface area contributed by atoms with E-state index >= 15 is 0 Å². The summed E-state index contributed by atoms with van der Waals surface area (Å²) in [6.45, 7) is 5.57. The SMILES string of the molecule is CCNC(c1cnc2ccsc2c1)C1CCC(CC)CC1. The zero-order valence-corrected chi connectivity index (χ0v) is 14.0. The van der Waals surface area contributed by atoms with Crippen molar-refractivity contribution in [2.45, 2.75) is 52.0 Å². The van der Waals surface area contributed by atoms with Gasteiger partial charge in [-0.2, -0.15) is 0 Å². The molecule has 1 unspecified atom stereocenters. The summed E-state index contributed by atoms with van der Waals surface area (Å²) in [6.07, 6.45) is 8.96. The average Bonchev–Trinajstić information content (AvgIpc) is 3.00. The third kappa shape index (κ3) is 3.29. The highest BCUT2D eigenvalue weighted by Gasteiger charge is 2.27. The quantitative estimate of drug-likeness (QED) is 0.825. The number of nitrogens with one attached hydrogen (secondary N) is 1. The molecular weight excluding hydrogens is 276 g/mol. The Labute approximate surface area is 132 Å². The van der Waals surface area contributed by atoms with Crippen molar-refractivity contribution >= 4 is 21.6 Å². The van der Waals surface area contributed by atoms with Gasteiger partial charge in [0.2, 0.25) is 0 Å². The number of fused-ring (bicyclic) bond motifs is 1. The van der Waals surface area contributed by atoms with E-state index in [0.717, 1.165) is 23.9 Å². The number of aromatic nitrogens is 1. The van der Waals surface area contributed by atoms with E-state index in [2.05, 4.69) is 47.9 Å². The predicted octanol–water partition coefficient (Wildman–Crippen LogP) is 5.16. The molecule has 0 aliphatic heterocycles. The second-order valence-corrected chi connectivity index (χ2v) is 7.24. The minimum atomic E-state index is 0.479. The molecule has 3 rings (SSSR count). The van der Waals surface area contributed by atoms with Crippen LogP contribution in [0, 0.1) is 11.8 Å². The standard InChI is InChI=1S/C18H26N2S/c1-3-13-5-7-14(8-6-13)18(19-4-2)15-11-17-16(20-12-15)9-10-21-17/h9-14,18-19H,3-8H2,1-2H3. The lowest BCUT2D eigenvalue weighted by atomic mass is 9.76. The van der Waals surface area contributed by atoms with Crippen LogP contribution in [0.25, 0.3) is 10.2 Å². The summed E-state index contributed by atoms with van der Waals surface area (Å²) in [7, 11) is 0. The summed E-state index contributed by atoms with van der Waals surface area (Å²) < 4.78 is 1.32. The van der Waals surface area contributed by atoms with E-state index in [1.807, 2.05) is 0 Å². The van der Waals surface area contributed by atoms with Gasteiger partial charge in [-0.3, -0.25) is 4.98 Å². The van der Waals surface area contributed by atoms with Gasteiger partial charge in [0, 0.05) is 12.2 Å². The highest BCUT2D eigenvalue weighted by atomic mass is 32.1. The van der Waals surface area contributed by atoms with Crippen molar-refractivity contribution in [3.05, 3.63) is 29.3 Å². The van der Waals surface area contributed by atoms with Crippen LogP contribution in [-0.2, 0) is 0 Å². The zero-order valence-electron chi connectivity index (χ0n) is 13.1. The third-order valence-electron chi connectivity index (χ3n) is 5.05. The van der Waals surface area contributed by atoms with Crippen LogP contribution in [0.15, 0.2) is 23.7 Å². The van der Waals surface area contributed by atoms with Gasteiger partial charge in [-0.25, -0.2) is 0 Å². The lowest BCUT2D eigenvalue weighted by molar-refractivity contribution is 0.220. The maximum absolute atomic E-state index is 4.64. The van der Waals surface area contributed by atoms with Crippen molar-refractivity contribution in [3.63, 3.8) is 0 Å². The van der Waals surface area contributed by atoms with Gasteiger partial charge in [-0.05, 0) is 54.3 Å². The maximum atomic E-state index is 4.64. The van der Waals surface area contributed by atoms with Gasteiger partial charge in [0.1, 0.15) is 0 Å². The van der Waals surface area contributed by atoms with Crippen LogP contribution in [0.2, 0.25) is 0 Å². The number of pyridine rings is 1. The van der Waals surface area contributed by atoms with E-state index in [0.29, 0.717) is 6.04 Å². The normalized spacial score (nSPS) is 24.3. The number of thiophene rings is 1. The van der Waals surface area contributed by atoms with Crippen LogP contribution >= 0.6 is 11.3 Å². The molecule has 2 aromatic heterocycles. The number of hydrogen-bond acceptors (Lipinski definition) is 3. The van der Waals surface area contributed by atoms with Crippen LogP contribution < -0.4 is 5.32 Å². The summed E-state index contributed by atoms with van der Waals surface area (Å²) in [5, 5.41) is 5.86. The van der Waals surface area contributed by atoms with E-state index in [4.69, 9.17) is 0 Å². The van der Waals surface area contributed by atoms with Crippen LogP contribution in [0.3, 0.4) is 0 Å². The largest absolute Gasteiger partial charge is 0.310 e. The lowest BCUT2D eigenvalue weighted by Crippen LogP contribution is -2.31. The van der Waals surface area contributed by atoms with Gasteiger partial charge < -0.3 is 5.32 Å². The molecule has 0 radical (unpaired) electrons. The van der Waals surface area contributed by atoms with Crippen LogP contribution in [0.1, 0.15) is 57.6 Å². The monoisotopic (exact) mass is 302 g/mol. The fourth-order valence-corrected chi connectivity index (χ4v) is 4.53. The molecule has 0 saturated heterocycles. The van der Waals surface area contributed by atoms with E-state index in [9.17, 15) is 0 Å². The van der Waals surface area contributed by atoms with Crippen molar-refractivity contribution < 1.29 is 0 Å². The molecule has 2 heterocycles. The smallest absolute Gasteiger partial charge is 0.0809 e. The summed E-state index contributed by atoms with van der Waals surface area (Å²) in [4.78, 5) is 4.64. The minimum absolute atomic E-state index is 0.479. The van der Waals surface area contributed by atoms with Gasteiger partial charge in [-0.1, -0.05) is 33.1 Å². The highest BCUT2D eigenvalue weighted by molar-refractivity contribution is 7.17. The molecule has 3 heteroatoms. The van der Waals surface area contributed by atoms with Crippen LogP contribution in [0.4, 0.5) is 0 Å². The van der Waals surface area contributed by atoms with Gasteiger partial charge >= 0.3 is 0 Å². The van der Waals surface area contributed by atoms with Gasteiger partial charge in [-0.15, -0.1) is 11.3 Å². The Bertz CT molecular complexity index is 569. The molecule has 1 aliphatic rings. The summed E-state index contributed by atoms with van der Waals surface area (Å²) in [5.41, 5.74) is 2.51. The van der Waals surface area contributed by atoms with Crippen molar-refractivity contribution in [2.24, 2.45) is 11.8 Å². The van der Waals surface area contributed by atoms with E-state index < -0.39 is 0 Å². The first kappa shape index (κ1) is 15.0. The van der Waals surface area contributed by atoms with Gasteiger partial charge in [0.05, 0.1) is 10.2 Å². The van der Waals surface area contributed by atoms with Crippen LogP contribution in [-0.4, -0.2) is 11.5 Å². The average molecular weight is 302 g/mol. The van der Waals surface area contributed by atoms with E-state index in [1.54, 1.807) is 11.3 Å². The van der Waals surface area contributed by atoms with Crippen molar-refractivity contribution in [2.75, 3.05) is 6.54 Å². The van der Waals surface area contributed by atoms with Crippen LogP contribution in [0.5, 0.6) is 0 Å². The lowest BCUT2D eigenvalue weighted by Gasteiger charge is -2.34. The van der Waals surface area contributed by atoms with E-state index in [1.165, 1.54) is 42.4 Å². The van der Waals surface area contributed by atoms with Crippen molar-refractivity contribution in [3.8, 4) is 0 Å². The Kier molecular flexibility index (Phi) is 4.91. The minimum Gasteiger partial charge on any atom is -0.310 e. The van der Waals surface area contributed by atoms with Gasteiger partial charge in [0.25, 0.3) is 0 Å². The van der Waals surface area contributed by atoms with E-state index in [-0.39, 0.29) is 0 Å². The third-order valence-corrected chi connectivity index (χ3v) is 5.90. The molecule has 1 atom stereocenters. The molecule has 0 bridgehead atoms. The molecule has 1 aliphatic carbocycles. The molecule has 1 fully saturated rings. The highest BCUT2D eigenvalue weighted by Crippen LogP contribution is 2.38. The molecule has 0 spiro atoms. The molecule has 0 amide bonds. The Morgan fingerprint density at radius 3 is 2.81 bits per heavy atom.